The third-order valence-corrected chi connectivity index (χ3v) is 4.60. The van der Waals surface area contributed by atoms with Crippen molar-refractivity contribution in [3.05, 3.63) is 70.4 Å². The van der Waals surface area contributed by atoms with Crippen LogP contribution in [0.5, 0.6) is 0 Å². The fourth-order valence-electron chi connectivity index (χ4n) is 3.17. The van der Waals surface area contributed by atoms with Crippen molar-refractivity contribution >= 4 is 5.91 Å². The van der Waals surface area contributed by atoms with Gasteiger partial charge in [0.05, 0.1) is 12.1 Å². The molecule has 26 heavy (non-hydrogen) atoms. The summed E-state index contributed by atoms with van der Waals surface area (Å²) in [4.78, 5) is 12.6. The quantitative estimate of drug-likeness (QED) is 0.739. The number of amides is 1. The minimum atomic E-state index is -0.108. The summed E-state index contributed by atoms with van der Waals surface area (Å²) in [5.74, 6) is 1.12. The molecule has 0 radical (unpaired) electrons. The van der Waals surface area contributed by atoms with Crippen molar-refractivity contribution < 1.29 is 9.32 Å². The second-order valence-electron chi connectivity index (χ2n) is 6.98. The van der Waals surface area contributed by atoms with Gasteiger partial charge in [0.2, 0.25) is 0 Å². The highest BCUT2D eigenvalue weighted by Gasteiger charge is 2.17. The predicted molar refractivity (Wildman–Crippen MR) is 102 cm³/mol. The van der Waals surface area contributed by atoms with E-state index in [-0.39, 0.29) is 5.91 Å². The van der Waals surface area contributed by atoms with Gasteiger partial charge in [-0.3, -0.25) is 4.79 Å². The van der Waals surface area contributed by atoms with E-state index in [0.29, 0.717) is 23.7 Å². The lowest BCUT2D eigenvalue weighted by Gasteiger charge is -2.12. The van der Waals surface area contributed by atoms with Crippen molar-refractivity contribution in [2.75, 3.05) is 0 Å². The maximum atomic E-state index is 12.6. The smallest absolute Gasteiger partial charge is 0.253 e. The highest BCUT2D eigenvalue weighted by atomic mass is 16.5. The highest BCUT2D eigenvalue weighted by molar-refractivity contribution is 5.95. The van der Waals surface area contributed by atoms with Crippen LogP contribution in [0.15, 0.2) is 40.9 Å². The molecule has 0 aliphatic carbocycles. The van der Waals surface area contributed by atoms with E-state index in [9.17, 15) is 4.79 Å². The lowest BCUT2D eigenvalue weighted by atomic mass is 10.0. The van der Waals surface area contributed by atoms with Crippen LogP contribution in [0.25, 0.3) is 5.69 Å². The second kappa shape index (κ2) is 7.20. The minimum absolute atomic E-state index is 0.108. The van der Waals surface area contributed by atoms with Gasteiger partial charge in [-0.05, 0) is 50.5 Å². The second-order valence-corrected chi connectivity index (χ2v) is 6.98. The molecule has 0 bridgehead atoms. The SMILES string of the molecule is Cc1cc(CNC(=O)c2cc(C)n(-c3ccc(C(C)C)cc3)c2C)no1. The largest absolute Gasteiger partial charge is 0.361 e. The number of nitrogens with zero attached hydrogens (tertiary/aromatic N) is 2. The van der Waals surface area contributed by atoms with Crippen LogP contribution in [0.2, 0.25) is 0 Å². The Bertz CT molecular complexity index is 917. The molecule has 0 atom stereocenters. The van der Waals surface area contributed by atoms with Gasteiger partial charge in [0.25, 0.3) is 5.91 Å². The van der Waals surface area contributed by atoms with Crippen molar-refractivity contribution in [3.8, 4) is 5.69 Å². The van der Waals surface area contributed by atoms with E-state index >= 15 is 0 Å². The molecule has 5 heteroatoms. The molecule has 0 saturated carbocycles. The Labute approximate surface area is 154 Å². The van der Waals surface area contributed by atoms with Gasteiger partial charge in [-0.1, -0.05) is 31.1 Å². The molecule has 3 rings (SSSR count). The number of carbonyl (C=O) groups excluding carboxylic acids is 1. The van der Waals surface area contributed by atoms with Crippen LogP contribution >= 0.6 is 0 Å². The van der Waals surface area contributed by atoms with Crippen molar-refractivity contribution in [3.63, 3.8) is 0 Å². The zero-order valence-corrected chi connectivity index (χ0v) is 16.0. The van der Waals surface area contributed by atoms with E-state index in [1.54, 1.807) is 0 Å². The van der Waals surface area contributed by atoms with Gasteiger partial charge in [-0.2, -0.15) is 0 Å². The molecule has 0 aliphatic heterocycles. The number of rotatable bonds is 5. The van der Waals surface area contributed by atoms with Crippen molar-refractivity contribution in [2.45, 2.75) is 47.1 Å². The highest BCUT2D eigenvalue weighted by Crippen LogP contribution is 2.23. The zero-order valence-electron chi connectivity index (χ0n) is 16.0. The van der Waals surface area contributed by atoms with Crippen LogP contribution in [-0.2, 0) is 6.54 Å². The van der Waals surface area contributed by atoms with Gasteiger partial charge in [0, 0.05) is 23.1 Å². The molecule has 5 nitrogen and oxygen atoms in total. The lowest BCUT2D eigenvalue weighted by molar-refractivity contribution is 0.0949. The summed E-state index contributed by atoms with van der Waals surface area (Å²) in [5.41, 5.74) is 5.72. The van der Waals surface area contributed by atoms with Gasteiger partial charge >= 0.3 is 0 Å². The average molecular weight is 351 g/mol. The number of benzene rings is 1. The first-order valence-corrected chi connectivity index (χ1v) is 8.86. The Balaban J connectivity index is 1.81. The summed E-state index contributed by atoms with van der Waals surface area (Å²) in [5, 5.41) is 6.81. The van der Waals surface area contributed by atoms with Gasteiger partial charge in [0.1, 0.15) is 11.5 Å². The molecular weight excluding hydrogens is 326 g/mol. The zero-order chi connectivity index (χ0) is 18.8. The molecular formula is C21H25N3O2. The van der Waals surface area contributed by atoms with Crippen molar-refractivity contribution in [1.82, 2.24) is 15.0 Å². The predicted octanol–water partition coefficient (Wildman–Crippen LogP) is 4.44. The standard InChI is InChI=1S/C21H25N3O2/c1-13(2)17-6-8-19(9-7-17)24-14(3)10-20(16(24)5)21(25)22-12-18-11-15(4)26-23-18/h6-11,13H,12H2,1-5H3,(H,22,25). The van der Waals surface area contributed by atoms with Crippen LogP contribution < -0.4 is 5.32 Å². The van der Waals surface area contributed by atoms with E-state index < -0.39 is 0 Å². The number of nitrogens with one attached hydrogen (secondary N) is 1. The Morgan fingerprint density at radius 2 is 1.85 bits per heavy atom. The van der Waals surface area contributed by atoms with Crippen LogP contribution in [0.1, 0.15) is 58.5 Å². The van der Waals surface area contributed by atoms with E-state index in [1.165, 1.54) is 5.56 Å². The molecule has 0 aliphatic rings. The Kier molecular flexibility index (Phi) is 4.98. The van der Waals surface area contributed by atoms with E-state index in [0.717, 1.165) is 22.8 Å². The van der Waals surface area contributed by atoms with Crippen molar-refractivity contribution in [2.24, 2.45) is 0 Å². The molecule has 0 unspecified atom stereocenters. The maximum Gasteiger partial charge on any atom is 0.253 e. The first-order chi connectivity index (χ1) is 12.4. The van der Waals surface area contributed by atoms with Gasteiger partial charge < -0.3 is 14.4 Å². The summed E-state index contributed by atoms with van der Waals surface area (Å²) in [7, 11) is 0. The summed E-state index contributed by atoms with van der Waals surface area (Å²) < 4.78 is 7.14. The number of aryl methyl sites for hydroxylation is 2. The first-order valence-electron chi connectivity index (χ1n) is 8.86. The average Bonchev–Trinajstić information content (AvgIpc) is 3.15. The minimum Gasteiger partial charge on any atom is -0.361 e. The van der Waals surface area contributed by atoms with Crippen LogP contribution in [0.3, 0.4) is 0 Å². The monoisotopic (exact) mass is 351 g/mol. The molecule has 136 valence electrons. The molecule has 2 aromatic heterocycles. The number of carbonyl (C=O) groups is 1. The van der Waals surface area contributed by atoms with Gasteiger partial charge in [-0.15, -0.1) is 0 Å². The van der Waals surface area contributed by atoms with Crippen LogP contribution in [0, 0.1) is 20.8 Å². The molecule has 3 aromatic rings. The van der Waals surface area contributed by atoms with Gasteiger partial charge in [0.15, 0.2) is 0 Å². The molecule has 2 heterocycles. The van der Waals surface area contributed by atoms with Crippen LogP contribution in [0.4, 0.5) is 0 Å². The number of aromatic nitrogens is 2. The molecule has 0 saturated heterocycles. The first kappa shape index (κ1) is 18.0. The maximum absolute atomic E-state index is 12.6. The van der Waals surface area contributed by atoms with Crippen LogP contribution in [-0.4, -0.2) is 15.6 Å². The van der Waals surface area contributed by atoms with Crippen molar-refractivity contribution in [1.29, 1.82) is 0 Å². The number of hydrogen-bond donors (Lipinski definition) is 1. The fraction of sp³-hybridized carbons (Fsp3) is 0.333. The van der Waals surface area contributed by atoms with E-state index in [1.807, 2.05) is 32.9 Å². The summed E-state index contributed by atoms with van der Waals surface area (Å²) in [6, 6.07) is 12.2. The summed E-state index contributed by atoms with van der Waals surface area (Å²) in [6.45, 7) is 10.5. The Morgan fingerprint density at radius 3 is 2.42 bits per heavy atom. The summed E-state index contributed by atoms with van der Waals surface area (Å²) in [6.07, 6.45) is 0. The molecule has 0 fully saturated rings. The molecule has 1 amide bonds. The Hall–Kier alpha value is -2.82. The van der Waals surface area contributed by atoms with E-state index in [2.05, 4.69) is 53.2 Å². The van der Waals surface area contributed by atoms with Gasteiger partial charge in [-0.25, -0.2) is 0 Å². The molecule has 0 spiro atoms. The topological polar surface area (TPSA) is 60.1 Å². The van der Waals surface area contributed by atoms with E-state index in [4.69, 9.17) is 4.52 Å². The number of hydrogen-bond acceptors (Lipinski definition) is 3. The summed E-state index contributed by atoms with van der Waals surface area (Å²) >= 11 is 0. The fourth-order valence-corrected chi connectivity index (χ4v) is 3.17. The third-order valence-electron chi connectivity index (χ3n) is 4.60. The Morgan fingerprint density at radius 1 is 1.15 bits per heavy atom. The third kappa shape index (κ3) is 3.57. The molecule has 1 aromatic carbocycles. The lowest BCUT2D eigenvalue weighted by Crippen LogP contribution is -2.23. The molecule has 1 N–H and O–H groups in total. The normalized spacial score (nSPS) is 11.2.